The molecule has 0 aromatic carbocycles. The maximum absolute atomic E-state index is 12.0. The van der Waals surface area contributed by atoms with Crippen molar-refractivity contribution < 1.29 is 18.3 Å². The molecule has 0 saturated heterocycles. The molecule has 0 bridgehead atoms. The Bertz CT molecular complexity index is 311. The Kier molecular flexibility index (Phi) is 3.50. The molecule has 0 N–H and O–H groups in total. The number of pyridine rings is 1. The number of carbonyl (C=O) groups excluding carboxylic acids is 1. The van der Waals surface area contributed by atoms with Crippen molar-refractivity contribution >= 4 is 5.78 Å². The van der Waals surface area contributed by atoms with Crippen LogP contribution < -0.4 is 4.74 Å². The molecule has 1 rings (SSSR count). The number of ether oxygens (including phenoxy) is 1. The van der Waals surface area contributed by atoms with Gasteiger partial charge < -0.3 is 4.74 Å². The third-order valence-corrected chi connectivity index (χ3v) is 1.51. The van der Waals surface area contributed by atoms with E-state index in [-0.39, 0.29) is 5.56 Å². The van der Waals surface area contributed by atoms with Crippen LogP contribution in [0.15, 0.2) is 18.3 Å². The minimum atomic E-state index is -2.99. The van der Waals surface area contributed by atoms with E-state index in [0.717, 1.165) is 6.20 Å². The summed E-state index contributed by atoms with van der Waals surface area (Å²) in [6.45, 7) is 2.22. The van der Waals surface area contributed by atoms with Crippen molar-refractivity contribution in [3.8, 4) is 5.88 Å². The zero-order chi connectivity index (χ0) is 10.6. The molecule has 1 aromatic heterocycles. The molecule has 14 heavy (non-hydrogen) atoms. The number of alkyl halides is 2. The first-order valence-corrected chi connectivity index (χ1v) is 4.06. The van der Waals surface area contributed by atoms with Gasteiger partial charge in [-0.25, -0.2) is 13.8 Å². The molecule has 0 radical (unpaired) electrons. The maximum atomic E-state index is 12.0. The summed E-state index contributed by atoms with van der Waals surface area (Å²) in [6, 6.07) is 2.66. The van der Waals surface area contributed by atoms with Crippen molar-refractivity contribution in [3.05, 3.63) is 23.9 Å². The average Bonchev–Trinajstić information content (AvgIpc) is 2.18. The van der Waals surface area contributed by atoms with Crippen molar-refractivity contribution in [2.45, 2.75) is 13.3 Å². The van der Waals surface area contributed by atoms with E-state index in [1.165, 1.54) is 12.1 Å². The highest BCUT2D eigenvalue weighted by Crippen LogP contribution is 2.10. The van der Waals surface area contributed by atoms with Crippen LogP contribution in [0.25, 0.3) is 0 Å². The highest BCUT2D eigenvalue weighted by atomic mass is 19.3. The van der Waals surface area contributed by atoms with Crippen molar-refractivity contribution in [2.75, 3.05) is 6.61 Å². The Balaban J connectivity index is 2.78. The fraction of sp³-hybridized carbons (Fsp3) is 0.333. The summed E-state index contributed by atoms with van der Waals surface area (Å²) >= 11 is 0. The molecule has 76 valence electrons. The second kappa shape index (κ2) is 4.64. The predicted octanol–water partition coefficient (Wildman–Crippen LogP) is 1.93. The average molecular weight is 201 g/mol. The molecule has 0 atom stereocenters. The van der Waals surface area contributed by atoms with E-state index in [1.54, 1.807) is 6.92 Å². The van der Waals surface area contributed by atoms with Crippen LogP contribution in [0.2, 0.25) is 0 Å². The molecule has 0 spiro atoms. The third-order valence-electron chi connectivity index (χ3n) is 1.51. The lowest BCUT2D eigenvalue weighted by atomic mass is 10.2. The molecule has 0 saturated carbocycles. The van der Waals surface area contributed by atoms with Crippen LogP contribution in [0.1, 0.15) is 17.3 Å². The number of hydrogen-bond donors (Lipinski definition) is 0. The fourth-order valence-electron chi connectivity index (χ4n) is 0.885. The molecule has 5 heteroatoms. The molecule has 0 aliphatic carbocycles. The second-order valence-corrected chi connectivity index (χ2v) is 2.48. The lowest BCUT2D eigenvalue weighted by Crippen LogP contribution is -2.10. The predicted molar refractivity (Wildman–Crippen MR) is 45.7 cm³/mol. The van der Waals surface area contributed by atoms with Gasteiger partial charge in [-0.05, 0) is 13.0 Å². The summed E-state index contributed by atoms with van der Waals surface area (Å²) in [5.74, 6) is -0.904. The molecule has 0 amide bonds. The summed E-state index contributed by atoms with van der Waals surface area (Å²) in [4.78, 5) is 14.5. The van der Waals surface area contributed by atoms with Crippen molar-refractivity contribution in [1.82, 2.24) is 4.98 Å². The first kappa shape index (κ1) is 10.6. The van der Waals surface area contributed by atoms with Gasteiger partial charge in [0.2, 0.25) is 11.7 Å². The number of hydrogen-bond acceptors (Lipinski definition) is 3. The monoisotopic (exact) mass is 201 g/mol. The largest absolute Gasteiger partial charge is 0.478 e. The maximum Gasteiger partial charge on any atom is 0.300 e. The third kappa shape index (κ3) is 2.48. The second-order valence-electron chi connectivity index (χ2n) is 2.48. The number of Topliss-reactive ketones (excluding diaryl/α,β-unsaturated/α-hetero) is 1. The van der Waals surface area contributed by atoms with Gasteiger partial charge in [-0.2, -0.15) is 0 Å². The zero-order valence-electron chi connectivity index (χ0n) is 7.54. The Morgan fingerprint density at radius 1 is 1.57 bits per heavy atom. The topological polar surface area (TPSA) is 39.2 Å². The molecule has 3 nitrogen and oxygen atoms in total. The van der Waals surface area contributed by atoms with E-state index in [2.05, 4.69) is 4.98 Å². The van der Waals surface area contributed by atoms with Crippen LogP contribution in [-0.4, -0.2) is 23.8 Å². The molecule has 1 aromatic rings. The quantitative estimate of drug-likeness (QED) is 0.698. The molecular formula is C9H9F2NO2. The Hall–Kier alpha value is -1.52. The van der Waals surface area contributed by atoms with Gasteiger partial charge in [-0.1, -0.05) is 0 Å². The Morgan fingerprint density at radius 2 is 2.29 bits per heavy atom. The smallest absolute Gasteiger partial charge is 0.300 e. The van der Waals surface area contributed by atoms with Crippen LogP contribution >= 0.6 is 0 Å². The first-order chi connectivity index (χ1) is 6.65. The summed E-state index contributed by atoms with van der Waals surface area (Å²) in [6.07, 6.45) is -1.91. The van der Waals surface area contributed by atoms with Crippen LogP contribution in [0.4, 0.5) is 8.78 Å². The van der Waals surface area contributed by atoms with Crippen LogP contribution in [-0.2, 0) is 0 Å². The fourth-order valence-corrected chi connectivity index (χ4v) is 0.885. The van der Waals surface area contributed by atoms with Crippen LogP contribution in [0, 0.1) is 0 Å². The van der Waals surface area contributed by atoms with Gasteiger partial charge in [0.1, 0.15) is 0 Å². The summed E-state index contributed by atoms with van der Waals surface area (Å²) < 4.78 is 28.9. The van der Waals surface area contributed by atoms with E-state index in [1.807, 2.05) is 0 Å². The van der Waals surface area contributed by atoms with E-state index in [9.17, 15) is 13.6 Å². The summed E-state index contributed by atoms with van der Waals surface area (Å²) in [5.41, 5.74) is -0.108. The Morgan fingerprint density at radius 3 is 2.71 bits per heavy atom. The lowest BCUT2D eigenvalue weighted by molar-refractivity contribution is 0.0678. The van der Waals surface area contributed by atoms with Gasteiger partial charge in [0, 0.05) is 17.8 Å². The number of nitrogens with zero attached hydrogens (tertiary/aromatic N) is 1. The van der Waals surface area contributed by atoms with Gasteiger partial charge in [0.15, 0.2) is 0 Å². The number of halogens is 2. The van der Waals surface area contributed by atoms with Crippen molar-refractivity contribution in [1.29, 1.82) is 0 Å². The summed E-state index contributed by atoms with van der Waals surface area (Å²) in [5, 5.41) is 0. The van der Waals surface area contributed by atoms with Crippen molar-refractivity contribution in [2.24, 2.45) is 0 Å². The van der Waals surface area contributed by atoms with Crippen LogP contribution in [0.5, 0.6) is 5.88 Å². The van der Waals surface area contributed by atoms with E-state index < -0.39 is 12.2 Å². The minimum Gasteiger partial charge on any atom is -0.478 e. The first-order valence-electron chi connectivity index (χ1n) is 4.06. The summed E-state index contributed by atoms with van der Waals surface area (Å²) in [7, 11) is 0. The number of ketones is 1. The standard InChI is InChI=1S/C9H9F2NO2/c1-2-14-7-4-3-6(5-12-7)8(13)9(10)11/h3-5,9H,2H2,1H3. The molecule has 1 heterocycles. The highest BCUT2D eigenvalue weighted by Gasteiger charge is 2.17. The van der Waals surface area contributed by atoms with E-state index in [0.29, 0.717) is 12.5 Å². The molecule has 0 unspecified atom stereocenters. The van der Waals surface area contributed by atoms with Crippen LogP contribution in [0.3, 0.4) is 0 Å². The van der Waals surface area contributed by atoms with Gasteiger partial charge in [0.25, 0.3) is 0 Å². The minimum absolute atomic E-state index is 0.108. The number of aromatic nitrogens is 1. The SMILES string of the molecule is CCOc1ccc(C(=O)C(F)F)cn1. The van der Waals surface area contributed by atoms with Gasteiger partial charge in [0.05, 0.1) is 6.61 Å². The van der Waals surface area contributed by atoms with Gasteiger partial charge in [-0.3, -0.25) is 4.79 Å². The normalized spacial score (nSPS) is 10.3. The number of rotatable bonds is 4. The molecular weight excluding hydrogens is 192 g/mol. The molecule has 0 aliphatic heterocycles. The van der Waals surface area contributed by atoms with Crippen molar-refractivity contribution in [3.63, 3.8) is 0 Å². The highest BCUT2D eigenvalue weighted by molar-refractivity contribution is 5.98. The zero-order valence-corrected chi connectivity index (χ0v) is 7.54. The van der Waals surface area contributed by atoms with Gasteiger partial charge in [-0.15, -0.1) is 0 Å². The molecule has 0 fully saturated rings. The number of carbonyl (C=O) groups is 1. The van der Waals surface area contributed by atoms with E-state index in [4.69, 9.17) is 4.74 Å². The van der Waals surface area contributed by atoms with E-state index >= 15 is 0 Å². The lowest BCUT2D eigenvalue weighted by Gasteiger charge is -2.02. The molecule has 0 aliphatic rings. The Labute approximate surface area is 79.7 Å². The van der Waals surface area contributed by atoms with Gasteiger partial charge >= 0.3 is 6.43 Å².